The first-order valence-electron chi connectivity index (χ1n) is 6.63. The number of anilines is 1. The summed E-state index contributed by atoms with van der Waals surface area (Å²) in [6.45, 7) is 0.261. The van der Waals surface area contributed by atoms with Gasteiger partial charge in [0.25, 0.3) is 5.91 Å². The fraction of sp³-hybridized carbons (Fsp3) is 0.125. The van der Waals surface area contributed by atoms with Gasteiger partial charge in [-0.3, -0.25) is 14.6 Å². The first-order chi connectivity index (χ1) is 10.7. The molecule has 1 heterocycles. The van der Waals surface area contributed by atoms with Crippen LogP contribution in [0.3, 0.4) is 0 Å². The van der Waals surface area contributed by atoms with Crippen LogP contribution in [0.25, 0.3) is 0 Å². The molecule has 0 aliphatic heterocycles. The molecule has 0 spiro atoms. The van der Waals surface area contributed by atoms with E-state index in [2.05, 4.69) is 15.6 Å². The van der Waals surface area contributed by atoms with Crippen LogP contribution in [0.15, 0.2) is 48.8 Å². The molecule has 22 heavy (non-hydrogen) atoms. The Hall–Kier alpha value is -3.20. The van der Waals surface area contributed by atoms with Crippen molar-refractivity contribution in [3.8, 4) is 6.07 Å². The lowest BCUT2D eigenvalue weighted by Gasteiger charge is -2.11. The minimum Gasteiger partial charge on any atom is -0.348 e. The van der Waals surface area contributed by atoms with Crippen molar-refractivity contribution in [1.29, 1.82) is 5.26 Å². The average Bonchev–Trinajstić information content (AvgIpc) is 2.55. The Kier molecular flexibility index (Phi) is 5.21. The Labute approximate surface area is 127 Å². The van der Waals surface area contributed by atoms with Crippen molar-refractivity contribution in [2.75, 3.05) is 5.32 Å². The van der Waals surface area contributed by atoms with Gasteiger partial charge in [-0.05, 0) is 23.8 Å². The predicted octanol–water partition coefficient (Wildman–Crippen LogP) is 1.86. The summed E-state index contributed by atoms with van der Waals surface area (Å²) in [6.07, 6.45) is 2.86. The first-order valence-corrected chi connectivity index (χ1v) is 6.63. The molecule has 0 aliphatic rings. The van der Waals surface area contributed by atoms with E-state index >= 15 is 0 Å². The maximum absolute atomic E-state index is 12.0. The molecule has 1 aromatic heterocycles. The molecule has 0 radical (unpaired) electrons. The van der Waals surface area contributed by atoms with E-state index in [0.29, 0.717) is 11.3 Å². The molecule has 6 heteroatoms. The second kappa shape index (κ2) is 7.55. The van der Waals surface area contributed by atoms with Crippen LogP contribution in [0, 0.1) is 11.3 Å². The first kappa shape index (κ1) is 15.2. The minimum atomic E-state index is -0.381. The summed E-state index contributed by atoms with van der Waals surface area (Å²) in [4.78, 5) is 27.4. The highest BCUT2D eigenvalue weighted by atomic mass is 16.2. The number of amides is 2. The van der Waals surface area contributed by atoms with Gasteiger partial charge < -0.3 is 10.6 Å². The highest BCUT2D eigenvalue weighted by molar-refractivity contribution is 5.94. The van der Waals surface area contributed by atoms with Crippen molar-refractivity contribution in [3.05, 3.63) is 59.9 Å². The molecule has 0 aliphatic carbocycles. The molecule has 0 unspecified atom stereocenters. The number of carbonyl (C=O) groups is 2. The van der Waals surface area contributed by atoms with Crippen molar-refractivity contribution in [2.45, 2.75) is 13.0 Å². The van der Waals surface area contributed by atoms with Crippen molar-refractivity contribution < 1.29 is 9.59 Å². The van der Waals surface area contributed by atoms with Crippen LogP contribution in [0.4, 0.5) is 5.69 Å². The van der Waals surface area contributed by atoms with Crippen LogP contribution in [0.5, 0.6) is 0 Å². The quantitative estimate of drug-likeness (QED) is 0.880. The standard InChI is InChI=1S/C16H14N4O2/c17-8-7-15(21)20-14-6-2-1-4-12(14)11-19-16(22)13-5-3-9-18-10-13/h1-6,9-10H,7,11H2,(H,19,22)(H,20,21). The van der Waals surface area contributed by atoms with E-state index in [4.69, 9.17) is 5.26 Å². The zero-order valence-electron chi connectivity index (χ0n) is 11.7. The summed E-state index contributed by atoms with van der Waals surface area (Å²) in [5.41, 5.74) is 1.80. The number of pyridine rings is 1. The highest BCUT2D eigenvalue weighted by Gasteiger charge is 2.09. The summed E-state index contributed by atoms with van der Waals surface area (Å²) in [6, 6.07) is 12.2. The smallest absolute Gasteiger partial charge is 0.253 e. The molecule has 0 saturated carbocycles. The van der Waals surface area contributed by atoms with Gasteiger partial charge in [0.05, 0.1) is 11.6 Å². The fourth-order valence-corrected chi connectivity index (χ4v) is 1.84. The van der Waals surface area contributed by atoms with Crippen LogP contribution < -0.4 is 10.6 Å². The zero-order valence-corrected chi connectivity index (χ0v) is 11.7. The third-order valence-electron chi connectivity index (χ3n) is 2.89. The SMILES string of the molecule is N#CCC(=O)Nc1ccccc1CNC(=O)c1cccnc1. The normalized spacial score (nSPS) is 9.59. The maximum atomic E-state index is 12.0. The van der Waals surface area contributed by atoms with Crippen LogP contribution in [-0.2, 0) is 11.3 Å². The number of nitrogens with one attached hydrogen (secondary N) is 2. The van der Waals surface area contributed by atoms with Gasteiger partial charge in [-0.2, -0.15) is 5.26 Å². The summed E-state index contributed by atoms with van der Waals surface area (Å²) < 4.78 is 0. The Morgan fingerprint density at radius 2 is 2.00 bits per heavy atom. The number of carbonyl (C=O) groups excluding carboxylic acids is 2. The van der Waals surface area contributed by atoms with E-state index < -0.39 is 0 Å². The lowest BCUT2D eigenvalue weighted by Crippen LogP contribution is -2.24. The number of aromatic nitrogens is 1. The van der Waals surface area contributed by atoms with Crippen LogP contribution in [-0.4, -0.2) is 16.8 Å². The zero-order chi connectivity index (χ0) is 15.8. The number of benzene rings is 1. The lowest BCUT2D eigenvalue weighted by atomic mass is 10.1. The third-order valence-corrected chi connectivity index (χ3v) is 2.89. The Morgan fingerprint density at radius 1 is 1.18 bits per heavy atom. The highest BCUT2D eigenvalue weighted by Crippen LogP contribution is 2.15. The van der Waals surface area contributed by atoms with Crippen LogP contribution in [0.2, 0.25) is 0 Å². The number of para-hydroxylation sites is 1. The van der Waals surface area contributed by atoms with Gasteiger partial charge in [0.15, 0.2) is 0 Å². The van der Waals surface area contributed by atoms with Crippen molar-refractivity contribution in [2.24, 2.45) is 0 Å². The fourth-order valence-electron chi connectivity index (χ4n) is 1.84. The molecule has 0 bridgehead atoms. The van der Waals surface area contributed by atoms with Crippen LogP contribution in [0.1, 0.15) is 22.3 Å². The molecule has 1 aromatic carbocycles. The van der Waals surface area contributed by atoms with Gasteiger partial charge >= 0.3 is 0 Å². The summed E-state index contributed by atoms with van der Waals surface area (Å²) >= 11 is 0. The van der Waals surface area contributed by atoms with Gasteiger partial charge in [0.2, 0.25) is 5.91 Å². The van der Waals surface area contributed by atoms with Crippen molar-refractivity contribution >= 4 is 17.5 Å². The number of rotatable bonds is 5. The van der Waals surface area contributed by atoms with E-state index in [1.54, 1.807) is 42.6 Å². The summed E-state index contributed by atoms with van der Waals surface area (Å²) in [7, 11) is 0. The number of nitriles is 1. The Balaban J connectivity index is 2.03. The van der Waals surface area contributed by atoms with Gasteiger partial charge in [-0.25, -0.2) is 0 Å². The monoisotopic (exact) mass is 294 g/mol. The van der Waals surface area contributed by atoms with E-state index in [1.807, 2.05) is 6.07 Å². The van der Waals surface area contributed by atoms with Crippen LogP contribution >= 0.6 is 0 Å². The van der Waals surface area contributed by atoms with E-state index in [0.717, 1.165) is 5.56 Å². The van der Waals surface area contributed by atoms with E-state index in [9.17, 15) is 9.59 Å². The maximum Gasteiger partial charge on any atom is 0.253 e. The number of hydrogen-bond donors (Lipinski definition) is 2. The van der Waals surface area contributed by atoms with Gasteiger partial charge in [-0.15, -0.1) is 0 Å². The number of hydrogen-bond acceptors (Lipinski definition) is 4. The molecule has 6 nitrogen and oxygen atoms in total. The van der Waals surface area contributed by atoms with Crippen molar-refractivity contribution in [3.63, 3.8) is 0 Å². The number of nitrogens with zero attached hydrogens (tertiary/aromatic N) is 2. The third kappa shape index (κ3) is 4.15. The van der Waals surface area contributed by atoms with E-state index in [1.165, 1.54) is 6.20 Å². The largest absolute Gasteiger partial charge is 0.348 e. The predicted molar refractivity (Wildman–Crippen MR) is 80.7 cm³/mol. The van der Waals surface area contributed by atoms with E-state index in [-0.39, 0.29) is 24.8 Å². The molecule has 2 aromatic rings. The second-order valence-corrected chi connectivity index (χ2v) is 4.46. The molecule has 110 valence electrons. The van der Waals surface area contributed by atoms with Gasteiger partial charge in [0, 0.05) is 24.6 Å². The molecule has 2 N–H and O–H groups in total. The second-order valence-electron chi connectivity index (χ2n) is 4.46. The summed E-state index contributed by atoms with van der Waals surface area (Å²) in [5, 5.41) is 13.9. The molecular weight excluding hydrogens is 280 g/mol. The summed E-state index contributed by atoms with van der Waals surface area (Å²) in [5.74, 6) is -0.625. The molecule has 2 rings (SSSR count). The molecule has 2 amide bonds. The van der Waals surface area contributed by atoms with Gasteiger partial charge in [-0.1, -0.05) is 18.2 Å². The lowest BCUT2D eigenvalue weighted by molar-refractivity contribution is -0.115. The molecular formula is C16H14N4O2. The Bertz CT molecular complexity index is 708. The van der Waals surface area contributed by atoms with Crippen molar-refractivity contribution in [1.82, 2.24) is 10.3 Å². The minimum absolute atomic E-state index is 0.212. The average molecular weight is 294 g/mol. The molecule has 0 fully saturated rings. The topological polar surface area (TPSA) is 94.9 Å². The molecule has 0 saturated heterocycles. The molecule has 0 atom stereocenters. The Morgan fingerprint density at radius 3 is 2.73 bits per heavy atom. The van der Waals surface area contributed by atoms with Gasteiger partial charge in [0.1, 0.15) is 6.42 Å².